The van der Waals surface area contributed by atoms with E-state index in [0.717, 1.165) is 10.8 Å². The lowest BCUT2D eigenvalue weighted by Crippen LogP contribution is -1.90. The van der Waals surface area contributed by atoms with E-state index in [1.165, 1.54) is 0 Å². The second kappa shape index (κ2) is 5.34. The van der Waals surface area contributed by atoms with Gasteiger partial charge in [0.25, 0.3) is 0 Å². The number of ether oxygens (including phenoxy) is 1. The first-order valence-electron chi connectivity index (χ1n) is 4.87. The normalized spacial score (nSPS) is 10.0. The first-order chi connectivity index (χ1) is 8.19. The second-order valence-electron chi connectivity index (χ2n) is 3.36. The van der Waals surface area contributed by atoms with Crippen LogP contribution >= 0.6 is 27.5 Å². The molecule has 0 bridgehead atoms. The molecule has 4 heteroatoms. The van der Waals surface area contributed by atoms with Crippen LogP contribution < -0.4 is 4.74 Å². The molecule has 2 rings (SSSR count). The highest BCUT2D eigenvalue weighted by Gasteiger charge is 2.05. The molecule has 0 amide bonds. The van der Waals surface area contributed by atoms with Gasteiger partial charge in [-0.15, -0.1) is 0 Å². The van der Waals surface area contributed by atoms with Crippen LogP contribution in [-0.2, 0) is 0 Å². The van der Waals surface area contributed by atoms with Crippen LogP contribution in [0.1, 0.15) is 10.4 Å². The summed E-state index contributed by atoms with van der Waals surface area (Å²) in [5.41, 5.74) is 0.467. The first kappa shape index (κ1) is 12.1. The molecule has 0 unspecified atom stereocenters. The van der Waals surface area contributed by atoms with Crippen molar-refractivity contribution in [2.75, 3.05) is 0 Å². The molecule has 0 radical (unpaired) electrons. The van der Waals surface area contributed by atoms with Crippen LogP contribution in [0.4, 0.5) is 0 Å². The monoisotopic (exact) mass is 310 g/mol. The van der Waals surface area contributed by atoms with Crippen molar-refractivity contribution in [3.05, 3.63) is 57.5 Å². The van der Waals surface area contributed by atoms with Gasteiger partial charge in [0.05, 0.1) is 5.56 Å². The average Bonchev–Trinajstić information content (AvgIpc) is 2.29. The van der Waals surface area contributed by atoms with Crippen molar-refractivity contribution in [3.63, 3.8) is 0 Å². The number of rotatable bonds is 3. The minimum Gasteiger partial charge on any atom is -0.457 e. The Labute approximate surface area is 112 Å². The van der Waals surface area contributed by atoms with Crippen molar-refractivity contribution < 1.29 is 9.53 Å². The molecule has 0 fully saturated rings. The van der Waals surface area contributed by atoms with Gasteiger partial charge in [-0.3, -0.25) is 4.79 Å². The number of carbonyl (C=O) groups excluding carboxylic acids is 1. The molecule has 86 valence electrons. The number of halogens is 2. The quantitative estimate of drug-likeness (QED) is 0.768. The van der Waals surface area contributed by atoms with Gasteiger partial charge in [0, 0.05) is 15.6 Å². The summed E-state index contributed by atoms with van der Waals surface area (Å²) in [6.07, 6.45) is 0.740. The summed E-state index contributed by atoms with van der Waals surface area (Å²) in [4.78, 5) is 10.9. The number of carbonyl (C=O) groups is 1. The molecule has 0 heterocycles. The topological polar surface area (TPSA) is 26.3 Å². The number of aldehydes is 1. The SMILES string of the molecule is O=Cc1ccc(Cl)cc1Oc1cccc(Br)c1. The van der Waals surface area contributed by atoms with Crippen LogP contribution in [0.25, 0.3) is 0 Å². The smallest absolute Gasteiger partial charge is 0.153 e. The molecule has 0 atom stereocenters. The Kier molecular flexibility index (Phi) is 3.82. The van der Waals surface area contributed by atoms with Crippen LogP contribution in [-0.4, -0.2) is 6.29 Å². The van der Waals surface area contributed by atoms with Crippen LogP contribution in [0.3, 0.4) is 0 Å². The van der Waals surface area contributed by atoms with Gasteiger partial charge in [0.15, 0.2) is 6.29 Å². The molecular formula is C13H8BrClO2. The maximum Gasteiger partial charge on any atom is 0.153 e. The van der Waals surface area contributed by atoms with Crippen molar-refractivity contribution in [1.29, 1.82) is 0 Å². The second-order valence-corrected chi connectivity index (χ2v) is 4.71. The van der Waals surface area contributed by atoms with E-state index < -0.39 is 0 Å². The third-order valence-corrected chi connectivity index (χ3v) is 2.85. The van der Waals surface area contributed by atoms with E-state index in [9.17, 15) is 4.79 Å². The fraction of sp³-hybridized carbons (Fsp3) is 0. The van der Waals surface area contributed by atoms with Crippen LogP contribution in [0, 0.1) is 0 Å². The number of hydrogen-bond donors (Lipinski definition) is 0. The maximum atomic E-state index is 10.9. The molecule has 2 nitrogen and oxygen atoms in total. The standard InChI is InChI=1S/C13H8BrClO2/c14-10-2-1-3-12(6-10)17-13-7-11(15)5-4-9(13)8-16/h1-8H. The zero-order chi connectivity index (χ0) is 12.3. The lowest BCUT2D eigenvalue weighted by molar-refractivity contribution is 0.112. The molecule has 0 saturated heterocycles. The Bertz CT molecular complexity index is 555. The zero-order valence-electron chi connectivity index (χ0n) is 8.69. The Morgan fingerprint density at radius 3 is 2.71 bits per heavy atom. The summed E-state index contributed by atoms with van der Waals surface area (Å²) in [5, 5.41) is 0.528. The fourth-order valence-corrected chi connectivity index (χ4v) is 1.89. The highest BCUT2D eigenvalue weighted by Crippen LogP contribution is 2.28. The van der Waals surface area contributed by atoms with Gasteiger partial charge in [0.2, 0.25) is 0 Å². The third-order valence-electron chi connectivity index (χ3n) is 2.13. The van der Waals surface area contributed by atoms with E-state index in [1.807, 2.05) is 18.2 Å². The largest absolute Gasteiger partial charge is 0.457 e. The number of benzene rings is 2. The Hall–Kier alpha value is -1.32. The minimum atomic E-state index is 0.450. The molecule has 0 aliphatic rings. The maximum absolute atomic E-state index is 10.9. The lowest BCUT2D eigenvalue weighted by Gasteiger charge is -2.08. The summed E-state index contributed by atoms with van der Waals surface area (Å²) in [6.45, 7) is 0. The van der Waals surface area contributed by atoms with E-state index >= 15 is 0 Å². The average molecular weight is 312 g/mol. The first-order valence-corrected chi connectivity index (χ1v) is 6.04. The predicted molar refractivity (Wildman–Crippen MR) is 71.1 cm³/mol. The molecular weight excluding hydrogens is 303 g/mol. The minimum absolute atomic E-state index is 0.450. The van der Waals surface area contributed by atoms with Gasteiger partial charge in [-0.2, -0.15) is 0 Å². The molecule has 0 saturated carbocycles. The Morgan fingerprint density at radius 1 is 1.18 bits per heavy atom. The molecule has 0 aromatic heterocycles. The van der Waals surface area contributed by atoms with Crippen molar-refractivity contribution in [1.82, 2.24) is 0 Å². The van der Waals surface area contributed by atoms with Crippen LogP contribution in [0.5, 0.6) is 11.5 Å². The highest BCUT2D eigenvalue weighted by molar-refractivity contribution is 9.10. The van der Waals surface area contributed by atoms with Crippen molar-refractivity contribution in [2.45, 2.75) is 0 Å². The van der Waals surface area contributed by atoms with Gasteiger partial charge < -0.3 is 4.74 Å². The van der Waals surface area contributed by atoms with Gasteiger partial charge in [-0.1, -0.05) is 33.6 Å². The molecule has 0 N–H and O–H groups in total. The Balaban J connectivity index is 2.35. The van der Waals surface area contributed by atoms with Gasteiger partial charge >= 0.3 is 0 Å². The van der Waals surface area contributed by atoms with Gasteiger partial charge in [0.1, 0.15) is 11.5 Å². The molecule has 2 aromatic rings. The third kappa shape index (κ3) is 3.08. The van der Waals surface area contributed by atoms with E-state index in [1.54, 1.807) is 24.3 Å². The van der Waals surface area contributed by atoms with E-state index in [-0.39, 0.29) is 0 Å². The summed E-state index contributed by atoms with van der Waals surface area (Å²) >= 11 is 9.22. The van der Waals surface area contributed by atoms with E-state index in [2.05, 4.69) is 15.9 Å². The van der Waals surface area contributed by atoms with Crippen LogP contribution in [0.2, 0.25) is 5.02 Å². The van der Waals surface area contributed by atoms with Gasteiger partial charge in [-0.05, 0) is 30.3 Å². The molecule has 17 heavy (non-hydrogen) atoms. The van der Waals surface area contributed by atoms with E-state index in [4.69, 9.17) is 16.3 Å². The van der Waals surface area contributed by atoms with Crippen molar-refractivity contribution in [3.8, 4) is 11.5 Å². The highest BCUT2D eigenvalue weighted by atomic mass is 79.9. The Morgan fingerprint density at radius 2 is 2.00 bits per heavy atom. The summed E-state index contributed by atoms with van der Waals surface area (Å²) < 4.78 is 6.52. The van der Waals surface area contributed by atoms with Gasteiger partial charge in [-0.25, -0.2) is 0 Å². The molecule has 2 aromatic carbocycles. The molecule has 0 spiro atoms. The zero-order valence-corrected chi connectivity index (χ0v) is 11.0. The molecule has 0 aliphatic heterocycles. The van der Waals surface area contributed by atoms with Crippen molar-refractivity contribution in [2.24, 2.45) is 0 Å². The summed E-state index contributed by atoms with van der Waals surface area (Å²) in [5.74, 6) is 1.09. The van der Waals surface area contributed by atoms with E-state index in [0.29, 0.717) is 22.1 Å². The van der Waals surface area contributed by atoms with Crippen LogP contribution in [0.15, 0.2) is 46.9 Å². The lowest BCUT2D eigenvalue weighted by atomic mass is 10.2. The molecule has 0 aliphatic carbocycles. The van der Waals surface area contributed by atoms with Crippen molar-refractivity contribution >= 4 is 33.8 Å². The fourth-order valence-electron chi connectivity index (χ4n) is 1.35. The summed E-state index contributed by atoms with van der Waals surface area (Å²) in [7, 11) is 0. The summed E-state index contributed by atoms with van der Waals surface area (Å²) in [6, 6.07) is 12.3. The number of hydrogen-bond acceptors (Lipinski definition) is 2. The predicted octanol–water partition coefficient (Wildman–Crippen LogP) is 4.71.